The molecule has 0 unspecified atom stereocenters. The molecule has 0 radical (unpaired) electrons. The largest absolute Gasteiger partial charge is 0.306 e. The van der Waals surface area contributed by atoms with E-state index in [2.05, 4.69) is 15.0 Å². The minimum atomic E-state index is -0.378. The Morgan fingerprint density at radius 3 is 2.89 bits per heavy atom. The highest BCUT2D eigenvalue weighted by Crippen LogP contribution is 2.16. The van der Waals surface area contributed by atoms with Crippen LogP contribution in [0, 0.1) is 5.82 Å². The first-order valence-corrected chi connectivity index (χ1v) is 5.35. The molecular formula is C13H8FN3O. The number of aromatic amines is 1. The first-order valence-electron chi connectivity index (χ1n) is 5.35. The first-order chi connectivity index (χ1) is 8.74. The summed E-state index contributed by atoms with van der Waals surface area (Å²) in [4.78, 5) is 22.7. The molecule has 0 saturated carbocycles. The molecule has 0 spiro atoms. The van der Waals surface area contributed by atoms with Crippen LogP contribution in [0.4, 0.5) is 4.39 Å². The Balaban J connectivity index is 2.28. The van der Waals surface area contributed by atoms with Gasteiger partial charge in [0.05, 0.1) is 5.39 Å². The van der Waals surface area contributed by atoms with Gasteiger partial charge in [-0.25, -0.2) is 14.4 Å². The molecule has 0 atom stereocenters. The predicted molar refractivity (Wildman–Crippen MR) is 65.6 cm³/mol. The van der Waals surface area contributed by atoms with Crippen molar-refractivity contribution >= 4 is 11.0 Å². The van der Waals surface area contributed by atoms with Gasteiger partial charge in [0.25, 0.3) is 5.56 Å². The van der Waals surface area contributed by atoms with Crippen molar-refractivity contribution in [2.75, 3.05) is 0 Å². The number of benzene rings is 1. The van der Waals surface area contributed by atoms with Crippen molar-refractivity contribution in [1.29, 1.82) is 0 Å². The SMILES string of the molecule is O=c1[nH]c(-c2cccc(F)c2)nc2ncccc12. The van der Waals surface area contributed by atoms with Crippen LogP contribution in [0.2, 0.25) is 0 Å². The Morgan fingerprint density at radius 2 is 2.06 bits per heavy atom. The first kappa shape index (κ1) is 10.6. The van der Waals surface area contributed by atoms with Gasteiger partial charge in [-0.3, -0.25) is 4.79 Å². The van der Waals surface area contributed by atoms with Crippen molar-refractivity contribution in [2.45, 2.75) is 0 Å². The molecule has 1 aromatic carbocycles. The van der Waals surface area contributed by atoms with Gasteiger partial charge in [0, 0.05) is 11.8 Å². The molecule has 1 N–H and O–H groups in total. The van der Waals surface area contributed by atoms with E-state index in [0.29, 0.717) is 22.4 Å². The fourth-order valence-corrected chi connectivity index (χ4v) is 1.74. The second-order valence-electron chi connectivity index (χ2n) is 3.80. The van der Waals surface area contributed by atoms with Crippen molar-refractivity contribution in [3.8, 4) is 11.4 Å². The van der Waals surface area contributed by atoms with Crippen LogP contribution in [0.15, 0.2) is 47.4 Å². The van der Waals surface area contributed by atoms with Crippen molar-refractivity contribution < 1.29 is 4.39 Å². The van der Waals surface area contributed by atoms with Gasteiger partial charge in [-0.1, -0.05) is 12.1 Å². The quantitative estimate of drug-likeness (QED) is 0.710. The highest BCUT2D eigenvalue weighted by molar-refractivity contribution is 5.75. The number of hydrogen-bond acceptors (Lipinski definition) is 3. The third-order valence-corrected chi connectivity index (χ3v) is 2.58. The van der Waals surface area contributed by atoms with Crippen LogP contribution in [-0.4, -0.2) is 15.0 Å². The summed E-state index contributed by atoms with van der Waals surface area (Å²) in [5.41, 5.74) is 0.576. The van der Waals surface area contributed by atoms with Gasteiger partial charge >= 0.3 is 0 Å². The van der Waals surface area contributed by atoms with Gasteiger partial charge in [-0.05, 0) is 24.3 Å². The number of fused-ring (bicyclic) bond motifs is 1. The average Bonchev–Trinajstić information content (AvgIpc) is 2.39. The Hall–Kier alpha value is -2.56. The lowest BCUT2D eigenvalue weighted by atomic mass is 10.2. The van der Waals surface area contributed by atoms with Crippen LogP contribution >= 0.6 is 0 Å². The summed E-state index contributed by atoms with van der Waals surface area (Å²) in [6.07, 6.45) is 1.56. The lowest BCUT2D eigenvalue weighted by Crippen LogP contribution is -2.10. The van der Waals surface area contributed by atoms with Gasteiger partial charge in [0.15, 0.2) is 5.65 Å². The number of halogens is 1. The molecule has 0 bridgehead atoms. The summed E-state index contributed by atoms with van der Waals surface area (Å²) in [6, 6.07) is 9.20. The monoisotopic (exact) mass is 241 g/mol. The van der Waals surface area contributed by atoms with E-state index < -0.39 is 0 Å². The molecule has 0 fully saturated rings. The molecule has 0 aliphatic carbocycles. The van der Waals surface area contributed by atoms with Gasteiger partial charge in [-0.2, -0.15) is 0 Å². The molecule has 0 saturated heterocycles. The third-order valence-electron chi connectivity index (χ3n) is 2.58. The van der Waals surface area contributed by atoms with E-state index in [1.54, 1.807) is 30.5 Å². The molecule has 0 amide bonds. The summed E-state index contributed by atoms with van der Waals surface area (Å²) in [5.74, 6) is -0.0676. The van der Waals surface area contributed by atoms with Gasteiger partial charge in [0.2, 0.25) is 0 Å². The molecule has 88 valence electrons. The van der Waals surface area contributed by atoms with Gasteiger partial charge < -0.3 is 4.98 Å². The Morgan fingerprint density at radius 1 is 1.17 bits per heavy atom. The lowest BCUT2D eigenvalue weighted by Gasteiger charge is -2.02. The molecule has 18 heavy (non-hydrogen) atoms. The van der Waals surface area contributed by atoms with E-state index in [0.717, 1.165) is 0 Å². The number of H-pyrrole nitrogens is 1. The fraction of sp³-hybridized carbons (Fsp3) is 0. The second-order valence-corrected chi connectivity index (χ2v) is 3.80. The molecule has 0 aliphatic heterocycles. The van der Waals surface area contributed by atoms with E-state index in [-0.39, 0.29) is 11.4 Å². The highest BCUT2D eigenvalue weighted by Gasteiger charge is 2.06. The molecule has 5 heteroatoms. The second kappa shape index (κ2) is 4.03. The van der Waals surface area contributed by atoms with E-state index in [1.165, 1.54) is 12.1 Å². The van der Waals surface area contributed by atoms with Crippen molar-refractivity contribution in [2.24, 2.45) is 0 Å². The van der Waals surface area contributed by atoms with Crippen LogP contribution in [0.1, 0.15) is 0 Å². The normalized spacial score (nSPS) is 10.7. The zero-order valence-corrected chi connectivity index (χ0v) is 9.22. The summed E-state index contributed by atoms with van der Waals surface area (Å²) in [6.45, 7) is 0. The summed E-state index contributed by atoms with van der Waals surface area (Å²) >= 11 is 0. The lowest BCUT2D eigenvalue weighted by molar-refractivity contribution is 0.628. The minimum Gasteiger partial charge on any atom is -0.306 e. The van der Waals surface area contributed by atoms with E-state index in [4.69, 9.17) is 0 Å². The molecule has 0 aliphatic rings. The maximum atomic E-state index is 13.1. The van der Waals surface area contributed by atoms with Gasteiger partial charge in [-0.15, -0.1) is 0 Å². The molecule has 2 aromatic heterocycles. The van der Waals surface area contributed by atoms with Crippen LogP contribution in [0.5, 0.6) is 0 Å². The smallest absolute Gasteiger partial charge is 0.260 e. The van der Waals surface area contributed by atoms with Crippen LogP contribution in [-0.2, 0) is 0 Å². The van der Waals surface area contributed by atoms with E-state index in [1.807, 2.05) is 0 Å². The van der Waals surface area contributed by atoms with E-state index in [9.17, 15) is 9.18 Å². The molecule has 2 heterocycles. The number of hydrogen-bond donors (Lipinski definition) is 1. The number of pyridine rings is 1. The van der Waals surface area contributed by atoms with Crippen LogP contribution in [0.25, 0.3) is 22.4 Å². The number of aromatic nitrogens is 3. The maximum Gasteiger partial charge on any atom is 0.260 e. The van der Waals surface area contributed by atoms with Crippen molar-refractivity contribution in [3.63, 3.8) is 0 Å². The van der Waals surface area contributed by atoms with Crippen LogP contribution in [0.3, 0.4) is 0 Å². The summed E-state index contributed by atoms with van der Waals surface area (Å²) < 4.78 is 13.1. The molecular weight excluding hydrogens is 233 g/mol. The number of rotatable bonds is 1. The zero-order chi connectivity index (χ0) is 12.5. The number of nitrogens with zero attached hydrogens (tertiary/aromatic N) is 2. The van der Waals surface area contributed by atoms with E-state index >= 15 is 0 Å². The average molecular weight is 241 g/mol. The predicted octanol–water partition coefficient (Wildman–Crippen LogP) is 2.12. The van der Waals surface area contributed by atoms with Gasteiger partial charge in [0.1, 0.15) is 11.6 Å². The zero-order valence-electron chi connectivity index (χ0n) is 9.22. The Kier molecular flexibility index (Phi) is 2.37. The topological polar surface area (TPSA) is 58.6 Å². The molecule has 4 nitrogen and oxygen atoms in total. The summed E-state index contributed by atoms with van der Waals surface area (Å²) in [5, 5.41) is 0.414. The van der Waals surface area contributed by atoms with Crippen molar-refractivity contribution in [3.05, 3.63) is 58.8 Å². The molecule has 3 rings (SSSR count). The Bertz CT molecular complexity index is 782. The van der Waals surface area contributed by atoms with Crippen LogP contribution < -0.4 is 5.56 Å². The molecule has 3 aromatic rings. The highest BCUT2D eigenvalue weighted by atomic mass is 19.1. The standard InChI is InChI=1S/C13H8FN3O/c14-9-4-1-3-8(7-9)11-16-12-10(13(18)17-11)5-2-6-15-12/h1-7H,(H,15,16,17,18). The number of nitrogens with one attached hydrogen (secondary N) is 1. The summed E-state index contributed by atoms with van der Waals surface area (Å²) in [7, 11) is 0. The maximum absolute atomic E-state index is 13.1. The minimum absolute atomic E-state index is 0.285. The third kappa shape index (κ3) is 1.75. The fourth-order valence-electron chi connectivity index (χ4n) is 1.74. The Labute approximate surface area is 101 Å². The van der Waals surface area contributed by atoms with Crippen molar-refractivity contribution in [1.82, 2.24) is 15.0 Å².